The SMILES string of the molecule is CCCC(C(=O)NN)S(=O)(=O)c1ccc(C)cc1. The summed E-state index contributed by atoms with van der Waals surface area (Å²) < 4.78 is 24.6. The number of nitrogens with one attached hydrogen (secondary N) is 1. The summed E-state index contributed by atoms with van der Waals surface area (Å²) >= 11 is 0. The molecule has 1 atom stereocenters. The van der Waals surface area contributed by atoms with Gasteiger partial charge in [0.1, 0.15) is 5.25 Å². The van der Waals surface area contributed by atoms with Crippen molar-refractivity contribution < 1.29 is 13.2 Å². The van der Waals surface area contributed by atoms with Crippen LogP contribution in [0, 0.1) is 6.92 Å². The number of nitrogens with two attached hydrogens (primary N) is 1. The molecule has 18 heavy (non-hydrogen) atoms. The third-order valence-corrected chi connectivity index (χ3v) is 4.84. The first-order chi connectivity index (χ1) is 8.43. The van der Waals surface area contributed by atoms with E-state index in [0.717, 1.165) is 5.56 Å². The lowest BCUT2D eigenvalue weighted by Gasteiger charge is -2.15. The predicted octanol–water partition coefficient (Wildman–Crippen LogP) is 0.927. The summed E-state index contributed by atoms with van der Waals surface area (Å²) in [5.41, 5.74) is 2.88. The molecule has 3 N–H and O–H groups in total. The quantitative estimate of drug-likeness (QED) is 0.473. The zero-order valence-electron chi connectivity index (χ0n) is 10.5. The minimum Gasteiger partial charge on any atom is -0.293 e. The molecule has 1 rings (SSSR count). The molecule has 0 spiro atoms. The molecule has 1 amide bonds. The number of aryl methyl sites for hydroxylation is 1. The second-order valence-electron chi connectivity index (χ2n) is 4.14. The van der Waals surface area contributed by atoms with Gasteiger partial charge in [-0.3, -0.25) is 10.2 Å². The first-order valence-electron chi connectivity index (χ1n) is 5.74. The van der Waals surface area contributed by atoms with Gasteiger partial charge in [0.15, 0.2) is 9.84 Å². The first kappa shape index (κ1) is 14.7. The number of hydrogen-bond acceptors (Lipinski definition) is 4. The van der Waals surface area contributed by atoms with Crippen molar-refractivity contribution in [1.29, 1.82) is 0 Å². The highest BCUT2D eigenvalue weighted by molar-refractivity contribution is 7.92. The van der Waals surface area contributed by atoms with Crippen molar-refractivity contribution in [2.45, 2.75) is 36.8 Å². The molecule has 0 aromatic heterocycles. The molecule has 0 saturated carbocycles. The molecule has 0 bridgehead atoms. The summed E-state index contributed by atoms with van der Waals surface area (Å²) in [5.74, 6) is 4.37. The molecule has 0 heterocycles. The Labute approximate surface area is 107 Å². The van der Waals surface area contributed by atoms with Crippen LogP contribution < -0.4 is 11.3 Å². The van der Waals surface area contributed by atoms with Gasteiger partial charge < -0.3 is 0 Å². The fourth-order valence-corrected chi connectivity index (χ4v) is 3.41. The number of hydrogen-bond donors (Lipinski definition) is 2. The van der Waals surface area contributed by atoms with Crippen LogP contribution in [0.15, 0.2) is 29.2 Å². The van der Waals surface area contributed by atoms with Gasteiger partial charge in [-0.1, -0.05) is 31.0 Å². The Morgan fingerprint density at radius 3 is 2.33 bits per heavy atom. The van der Waals surface area contributed by atoms with E-state index in [9.17, 15) is 13.2 Å². The molecule has 5 nitrogen and oxygen atoms in total. The molecule has 0 saturated heterocycles. The zero-order chi connectivity index (χ0) is 13.8. The van der Waals surface area contributed by atoms with E-state index in [0.29, 0.717) is 6.42 Å². The van der Waals surface area contributed by atoms with Crippen molar-refractivity contribution in [3.05, 3.63) is 29.8 Å². The minimum atomic E-state index is -3.68. The molecule has 1 unspecified atom stereocenters. The highest BCUT2D eigenvalue weighted by atomic mass is 32.2. The van der Waals surface area contributed by atoms with Gasteiger partial charge >= 0.3 is 0 Å². The second kappa shape index (κ2) is 5.97. The number of rotatable bonds is 5. The number of carbonyl (C=O) groups excluding carboxylic acids is 1. The lowest BCUT2D eigenvalue weighted by molar-refractivity contribution is -0.120. The average molecular weight is 270 g/mol. The van der Waals surface area contributed by atoms with Crippen LogP contribution in [-0.2, 0) is 14.6 Å². The topological polar surface area (TPSA) is 89.3 Å². The minimum absolute atomic E-state index is 0.148. The van der Waals surface area contributed by atoms with Crippen molar-refractivity contribution in [1.82, 2.24) is 5.43 Å². The first-order valence-corrected chi connectivity index (χ1v) is 7.29. The van der Waals surface area contributed by atoms with Crippen LogP contribution in [0.5, 0.6) is 0 Å². The molecule has 0 aliphatic heterocycles. The van der Waals surface area contributed by atoms with Gasteiger partial charge in [0, 0.05) is 0 Å². The number of amides is 1. The Morgan fingerprint density at radius 1 is 1.33 bits per heavy atom. The summed E-state index contributed by atoms with van der Waals surface area (Å²) in [6, 6.07) is 6.43. The number of benzene rings is 1. The Bertz CT molecular complexity index is 509. The van der Waals surface area contributed by atoms with E-state index in [1.54, 1.807) is 12.1 Å². The fourth-order valence-electron chi connectivity index (χ4n) is 1.67. The van der Waals surface area contributed by atoms with Crippen LogP contribution in [0.3, 0.4) is 0 Å². The maximum atomic E-state index is 12.3. The standard InChI is InChI=1S/C12H18N2O3S/c1-3-4-11(12(15)14-13)18(16,17)10-7-5-9(2)6-8-10/h5-8,11H,3-4,13H2,1-2H3,(H,14,15). The molecule has 6 heteroatoms. The number of hydrazine groups is 1. The van der Waals surface area contributed by atoms with Crippen molar-refractivity contribution in [3.8, 4) is 0 Å². The van der Waals surface area contributed by atoms with E-state index in [4.69, 9.17) is 5.84 Å². The van der Waals surface area contributed by atoms with E-state index in [-0.39, 0.29) is 11.3 Å². The predicted molar refractivity (Wildman–Crippen MR) is 69.4 cm³/mol. The summed E-state index contributed by atoms with van der Waals surface area (Å²) in [4.78, 5) is 11.7. The van der Waals surface area contributed by atoms with Crippen LogP contribution >= 0.6 is 0 Å². The van der Waals surface area contributed by atoms with Crippen LogP contribution in [0.4, 0.5) is 0 Å². The monoisotopic (exact) mass is 270 g/mol. The van der Waals surface area contributed by atoms with E-state index < -0.39 is 21.0 Å². The Hall–Kier alpha value is -1.40. The van der Waals surface area contributed by atoms with E-state index in [2.05, 4.69) is 0 Å². The van der Waals surface area contributed by atoms with Crippen molar-refractivity contribution in [2.75, 3.05) is 0 Å². The van der Waals surface area contributed by atoms with Gasteiger partial charge in [0.2, 0.25) is 0 Å². The molecule has 100 valence electrons. The maximum Gasteiger partial charge on any atom is 0.252 e. The number of carbonyl (C=O) groups is 1. The van der Waals surface area contributed by atoms with E-state index in [1.807, 2.05) is 19.3 Å². The lowest BCUT2D eigenvalue weighted by atomic mass is 10.2. The zero-order valence-corrected chi connectivity index (χ0v) is 11.3. The Balaban J connectivity index is 3.16. The summed E-state index contributed by atoms with van der Waals surface area (Å²) in [5, 5.41) is -1.13. The van der Waals surface area contributed by atoms with Crippen LogP contribution in [-0.4, -0.2) is 19.6 Å². The van der Waals surface area contributed by atoms with Crippen molar-refractivity contribution in [3.63, 3.8) is 0 Å². The molecule has 0 radical (unpaired) electrons. The van der Waals surface area contributed by atoms with Gasteiger partial charge in [-0.25, -0.2) is 14.3 Å². The fraction of sp³-hybridized carbons (Fsp3) is 0.417. The number of sulfone groups is 1. The lowest BCUT2D eigenvalue weighted by Crippen LogP contribution is -2.43. The van der Waals surface area contributed by atoms with Crippen LogP contribution in [0.2, 0.25) is 0 Å². The average Bonchev–Trinajstić information content (AvgIpc) is 2.35. The highest BCUT2D eigenvalue weighted by Crippen LogP contribution is 2.20. The van der Waals surface area contributed by atoms with Gasteiger partial charge in [0.05, 0.1) is 4.90 Å². The molecule has 0 fully saturated rings. The van der Waals surface area contributed by atoms with Gasteiger partial charge in [-0.2, -0.15) is 0 Å². The molecular formula is C12H18N2O3S. The molecule has 0 aliphatic carbocycles. The van der Waals surface area contributed by atoms with Crippen LogP contribution in [0.25, 0.3) is 0 Å². The highest BCUT2D eigenvalue weighted by Gasteiger charge is 2.32. The smallest absolute Gasteiger partial charge is 0.252 e. The Morgan fingerprint density at radius 2 is 1.89 bits per heavy atom. The van der Waals surface area contributed by atoms with Gasteiger partial charge in [0.25, 0.3) is 5.91 Å². The summed E-state index contributed by atoms with van der Waals surface area (Å²) in [7, 11) is -3.68. The van der Waals surface area contributed by atoms with Crippen LogP contribution in [0.1, 0.15) is 25.3 Å². The molecule has 0 aliphatic rings. The molecular weight excluding hydrogens is 252 g/mol. The maximum absolute atomic E-state index is 12.3. The third-order valence-electron chi connectivity index (χ3n) is 2.71. The summed E-state index contributed by atoms with van der Waals surface area (Å²) in [6.45, 7) is 3.69. The molecule has 1 aromatic rings. The van der Waals surface area contributed by atoms with Crippen molar-refractivity contribution >= 4 is 15.7 Å². The largest absolute Gasteiger partial charge is 0.293 e. The van der Waals surface area contributed by atoms with Gasteiger partial charge in [-0.05, 0) is 25.5 Å². The molecule has 1 aromatic carbocycles. The third kappa shape index (κ3) is 3.08. The Kier molecular flexibility index (Phi) is 4.86. The summed E-state index contributed by atoms with van der Waals surface area (Å²) in [6.07, 6.45) is 0.836. The van der Waals surface area contributed by atoms with E-state index in [1.165, 1.54) is 12.1 Å². The normalized spacial score (nSPS) is 13.1. The van der Waals surface area contributed by atoms with Crippen molar-refractivity contribution in [2.24, 2.45) is 5.84 Å². The van der Waals surface area contributed by atoms with Gasteiger partial charge in [-0.15, -0.1) is 0 Å². The second-order valence-corrected chi connectivity index (χ2v) is 6.27. The van der Waals surface area contributed by atoms with E-state index >= 15 is 0 Å².